The molecule has 0 saturated carbocycles. The van der Waals surface area contributed by atoms with Crippen LogP contribution in [0.1, 0.15) is 0 Å². The molecular formula is C3H7BO5. The molecule has 0 aliphatic rings. The van der Waals surface area contributed by atoms with Crippen molar-refractivity contribution in [2.45, 2.75) is 0 Å². The fraction of sp³-hybridized carbons (Fsp3) is 0.667. The topological polar surface area (TPSA) is 76.0 Å². The molecule has 0 aromatic rings. The zero-order chi connectivity index (χ0) is 7.28. The van der Waals surface area contributed by atoms with Gasteiger partial charge in [-0.3, -0.25) is 0 Å². The van der Waals surface area contributed by atoms with Crippen molar-refractivity contribution < 1.29 is 24.2 Å². The minimum absolute atomic E-state index is 0.450. The van der Waals surface area contributed by atoms with Crippen LogP contribution in [0.2, 0.25) is 0 Å². The van der Waals surface area contributed by atoms with Gasteiger partial charge in [0, 0.05) is 0 Å². The minimum atomic E-state index is -1.91. The molecule has 0 aliphatic carbocycles. The first-order chi connectivity index (χ1) is 4.16. The van der Waals surface area contributed by atoms with Crippen molar-refractivity contribution in [1.82, 2.24) is 0 Å². The number of methoxy groups -OCH3 is 1. The molecule has 0 amide bonds. The van der Waals surface area contributed by atoms with Crippen LogP contribution >= 0.6 is 0 Å². The number of carbonyl (C=O) groups is 1. The van der Waals surface area contributed by atoms with Gasteiger partial charge in [-0.05, 0) is 0 Å². The maximum atomic E-state index is 10.1. The monoisotopic (exact) mass is 134 g/mol. The summed E-state index contributed by atoms with van der Waals surface area (Å²) in [6, 6.07) is 0. The van der Waals surface area contributed by atoms with Crippen molar-refractivity contribution in [3.8, 4) is 0 Å². The molecule has 0 radical (unpaired) electrons. The quantitative estimate of drug-likeness (QED) is 0.349. The van der Waals surface area contributed by atoms with Crippen LogP contribution in [0.4, 0.5) is 0 Å². The first-order valence-corrected chi connectivity index (χ1v) is 2.21. The lowest BCUT2D eigenvalue weighted by molar-refractivity contribution is -0.143. The summed E-state index contributed by atoms with van der Waals surface area (Å²) in [5.41, 5.74) is 0. The number of hydrogen-bond donors (Lipinski definition) is 2. The molecule has 0 fully saturated rings. The van der Waals surface area contributed by atoms with Crippen molar-refractivity contribution in [3.05, 3.63) is 0 Å². The fourth-order valence-electron chi connectivity index (χ4n) is 0.202. The Balaban J connectivity index is 3.17. The number of esters is 1. The summed E-state index contributed by atoms with van der Waals surface area (Å²) in [4.78, 5) is 10.1. The molecule has 0 heterocycles. The molecule has 0 aromatic carbocycles. The van der Waals surface area contributed by atoms with Crippen LogP contribution in [-0.4, -0.2) is 37.1 Å². The van der Waals surface area contributed by atoms with Crippen molar-refractivity contribution in [3.63, 3.8) is 0 Å². The van der Waals surface area contributed by atoms with E-state index in [1.807, 2.05) is 0 Å². The largest absolute Gasteiger partial charge is 0.634 e. The van der Waals surface area contributed by atoms with Crippen molar-refractivity contribution >= 4 is 13.3 Å². The second-order valence-electron chi connectivity index (χ2n) is 1.21. The van der Waals surface area contributed by atoms with Gasteiger partial charge in [-0.15, -0.1) is 0 Å². The molecule has 52 valence electrons. The third-order valence-electron chi connectivity index (χ3n) is 0.578. The maximum absolute atomic E-state index is 10.1. The molecule has 9 heavy (non-hydrogen) atoms. The molecule has 0 bridgehead atoms. The van der Waals surface area contributed by atoms with Gasteiger partial charge < -0.3 is 19.4 Å². The first kappa shape index (κ1) is 8.41. The molecule has 0 aliphatic heterocycles. The molecule has 0 saturated heterocycles. The van der Waals surface area contributed by atoms with E-state index < -0.39 is 19.9 Å². The summed E-state index contributed by atoms with van der Waals surface area (Å²) in [6.07, 6.45) is 0. The molecule has 0 aromatic heterocycles. The Kier molecular flexibility index (Phi) is 4.03. The van der Waals surface area contributed by atoms with Gasteiger partial charge in [0.2, 0.25) is 0 Å². The van der Waals surface area contributed by atoms with Crippen LogP contribution in [0.25, 0.3) is 0 Å². The van der Waals surface area contributed by atoms with Crippen molar-refractivity contribution in [1.29, 1.82) is 0 Å². The Morgan fingerprint density at radius 3 is 2.56 bits per heavy atom. The van der Waals surface area contributed by atoms with Crippen LogP contribution in [0.3, 0.4) is 0 Å². The first-order valence-electron chi connectivity index (χ1n) is 2.21. The average molecular weight is 134 g/mol. The predicted octanol–water partition coefficient (Wildman–Crippen LogP) is -1.85. The van der Waals surface area contributed by atoms with E-state index in [9.17, 15) is 4.79 Å². The lowest BCUT2D eigenvalue weighted by Gasteiger charge is -1.98. The Labute approximate surface area is 52.4 Å². The maximum Gasteiger partial charge on any atom is 0.634 e. The molecule has 0 rings (SSSR count). The molecular weight excluding hydrogens is 127 g/mol. The fourth-order valence-corrected chi connectivity index (χ4v) is 0.202. The summed E-state index contributed by atoms with van der Waals surface area (Å²) in [7, 11) is -0.737. The van der Waals surface area contributed by atoms with Crippen LogP contribution in [0, 0.1) is 0 Å². The van der Waals surface area contributed by atoms with Gasteiger partial charge >= 0.3 is 13.3 Å². The van der Waals surface area contributed by atoms with Gasteiger partial charge in [-0.1, -0.05) is 0 Å². The number of ether oxygens (including phenoxy) is 1. The van der Waals surface area contributed by atoms with Gasteiger partial charge in [-0.25, -0.2) is 4.79 Å². The van der Waals surface area contributed by atoms with E-state index >= 15 is 0 Å². The van der Waals surface area contributed by atoms with Crippen LogP contribution in [-0.2, 0) is 14.2 Å². The molecule has 2 N–H and O–H groups in total. The third-order valence-corrected chi connectivity index (χ3v) is 0.578. The van der Waals surface area contributed by atoms with Gasteiger partial charge in [0.1, 0.15) is 6.61 Å². The zero-order valence-corrected chi connectivity index (χ0v) is 4.90. The summed E-state index contributed by atoms with van der Waals surface area (Å²) < 4.78 is 8.15. The second kappa shape index (κ2) is 4.31. The van der Waals surface area contributed by atoms with Crippen LogP contribution < -0.4 is 0 Å². The Bertz CT molecular complexity index is 92.2. The van der Waals surface area contributed by atoms with E-state index in [2.05, 4.69) is 9.39 Å². The minimum Gasteiger partial charge on any atom is -0.467 e. The number of hydrogen-bond acceptors (Lipinski definition) is 5. The van der Waals surface area contributed by atoms with E-state index in [4.69, 9.17) is 10.0 Å². The smallest absolute Gasteiger partial charge is 0.467 e. The highest BCUT2D eigenvalue weighted by Gasteiger charge is 2.10. The van der Waals surface area contributed by atoms with Gasteiger partial charge in [0.05, 0.1) is 7.11 Å². The highest BCUT2D eigenvalue weighted by molar-refractivity contribution is 6.32. The van der Waals surface area contributed by atoms with Crippen LogP contribution in [0.15, 0.2) is 0 Å². The predicted molar refractivity (Wildman–Crippen MR) is 28.2 cm³/mol. The molecule has 0 atom stereocenters. The normalized spacial score (nSPS) is 8.78. The number of carbonyl (C=O) groups excluding carboxylic acids is 1. The Morgan fingerprint density at radius 2 is 2.22 bits per heavy atom. The van der Waals surface area contributed by atoms with Gasteiger partial charge in [0.15, 0.2) is 0 Å². The van der Waals surface area contributed by atoms with Crippen LogP contribution in [0.5, 0.6) is 0 Å². The van der Waals surface area contributed by atoms with E-state index in [1.54, 1.807) is 0 Å². The van der Waals surface area contributed by atoms with Gasteiger partial charge in [-0.2, -0.15) is 0 Å². The van der Waals surface area contributed by atoms with Crippen molar-refractivity contribution in [2.24, 2.45) is 0 Å². The average Bonchev–Trinajstić information content (AvgIpc) is 1.83. The van der Waals surface area contributed by atoms with E-state index in [0.717, 1.165) is 0 Å². The standard InChI is InChI=1S/C3H7BO5/c1-8-3(5)2-9-4(6)7/h6-7H,2H2,1H3. The Morgan fingerprint density at radius 1 is 1.67 bits per heavy atom. The molecule has 0 unspecified atom stereocenters. The van der Waals surface area contributed by atoms with E-state index in [0.29, 0.717) is 0 Å². The summed E-state index contributed by atoms with van der Waals surface area (Å²) in [6.45, 7) is -0.450. The third kappa shape index (κ3) is 5.28. The van der Waals surface area contributed by atoms with E-state index in [-0.39, 0.29) is 0 Å². The zero-order valence-electron chi connectivity index (χ0n) is 4.90. The highest BCUT2D eigenvalue weighted by atomic mass is 16.6. The Hall–Kier alpha value is -0.585. The lowest BCUT2D eigenvalue weighted by atomic mass is 10.3. The highest BCUT2D eigenvalue weighted by Crippen LogP contribution is 1.77. The number of rotatable bonds is 3. The summed E-state index contributed by atoms with van der Waals surface area (Å²) >= 11 is 0. The lowest BCUT2D eigenvalue weighted by Crippen LogP contribution is -2.22. The van der Waals surface area contributed by atoms with E-state index in [1.165, 1.54) is 7.11 Å². The molecule has 0 spiro atoms. The van der Waals surface area contributed by atoms with Gasteiger partial charge in [0.25, 0.3) is 0 Å². The molecule has 6 heteroatoms. The molecule has 5 nitrogen and oxygen atoms in total. The SMILES string of the molecule is COC(=O)COB(O)O. The van der Waals surface area contributed by atoms with Crippen molar-refractivity contribution in [2.75, 3.05) is 13.7 Å². The summed E-state index contributed by atoms with van der Waals surface area (Å²) in [5, 5.41) is 16.0. The summed E-state index contributed by atoms with van der Waals surface area (Å²) in [5.74, 6) is -0.650. The second-order valence-corrected chi connectivity index (χ2v) is 1.21.